The summed E-state index contributed by atoms with van der Waals surface area (Å²) in [7, 11) is 0. The topological polar surface area (TPSA) is 47.6 Å². The summed E-state index contributed by atoms with van der Waals surface area (Å²) in [5, 5.41) is 3.26. The first-order valence-electron chi connectivity index (χ1n) is 10.0. The van der Waals surface area contributed by atoms with Crippen LogP contribution in [0, 0.1) is 22.2 Å². The molecule has 0 aromatic heterocycles. The van der Waals surface area contributed by atoms with Crippen molar-refractivity contribution in [1.82, 2.24) is 5.32 Å². The van der Waals surface area contributed by atoms with E-state index in [1.807, 2.05) is 18.2 Å². The summed E-state index contributed by atoms with van der Waals surface area (Å²) in [5.41, 5.74) is 1.66. The summed E-state index contributed by atoms with van der Waals surface area (Å²) in [5.74, 6) is 2.60. The second-order valence-electron chi connectivity index (χ2n) is 10.1. The van der Waals surface area contributed by atoms with Crippen molar-refractivity contribution in [2.75, 3.05) is 13.2 Å². The van der Waals surface area contributed by atoms with Gasteiger partial charge in [0.25, 0.3) is 0 Å². The summed E-state index contributed by atoms with van der Waals surface area (Å²) >= 11 is 0. The number of fused-ring (bicyclic) bond motifs is 1. The van der Waals surface area contributed by atoms with Crippen LogP contribution >= 0.6 is 0 Å². The predicted octanol–water partition coefficient (Wildman–Crippen LogP) is 4.07. The number of rotatable bonds is 3. The van der Waals surface area contributed by atoms with Gasteiger partial charge in [0.2, 0.25) is 5.91 Å². The van der Waals surface area contributed by atoms with Gasteiger partial charge in [-0.3, -0.25) is 4.79 Å². The van der Waals surface area contributed by atoms with Gasteiger partial charge in [-0.1, -0.05) is 19.9 Å². The molecule has 4 aliphatic carbocycles. The number of benzene rings is 1. The molecule has 0 spiro atoms. The fourth-order valence-electron chi connectivity index (χ4n) is 7.27. The molecule has 26 heavy (non-hydrogen) atoms. The van der Waals surface area contributed by atoms with Crippen LogP contribution in [0.2, 0.25) is 0 Å². The quantitative estimate of drug-likeness (QED) is 0.889. The lowest BCUT2D eigenvalue weighted by Gasteiger charge is -2.64. The lowest BCUT2D eigenvalue weighted by atomic mass is 9.40. The first-order chi connectivity index (χ1) is 12.4. The highest BCUT2D eigenvalue weighted by atomic mass is 16.6. The zero-order valence-corrected chi connectivity index (χ0v) is 15.9. The van der Waals surface area contributed by atoms with E-state index in [4.69, 9.17) is 9.47 Å². The maximum Gasteiger partial charge on any atom is 0.226 e. The van der Waals surface area contributed by atoms with E-state index >= 15 is 0 Å². The van der Waals surface area contributed by atoms with Crippen LogP contribution in [0.1, 0.15) is 57.9 Å². The molecule has 1 heterocycles. The van der Waals surface area contributed by atoms with Crippen LogP contribution in [0.4, 0.5) is 0 Å². The number of carbonyl (C=O) groups is 1. The van der Waals surface area contributed by atoms with E-state index in [-0.39, 0.29) is 11.3 Å². The number of carbonyl (C=O) groups excluding carboxylic acids is 1. The Balaban J connectivity index is 1.32. The van der Waals surface area contributed by atoms with Crippen molar-refractivity contribution in [3.05, 3.63) is 23.8 Å². The number of ether oxygens (including phenoxy) is 2. The maximum absolute atomic E-state index is 13.3. The molecular formula is C22H29NO3. The van der Waals surface area contributed by atoms with Crippen LogP contribution < -0.4 is 14.8 Å². The highest BCUT2D eigenvalue weighted by molar-refractivity contribution is 5.83. The van der Waals surface area contributed by atoms with Gasteiger partial charge in [0, 0.05) is 6.54 Å². The van der Waals surface area contributed by atoms with Gasteiger partial charge in [0.05, 0.1) is 5.41 Å². The van der Waals surface area contributed by atoms with Gasteiger partial charge in [-0.05, 0) is 73.0 Å². The molecule has 1 N–H and O–H groups in total. The van der Waals surface area contributed by atoms with Crippen molar-refractivity contribution in [3.63, 3.8) is 0 Å². The van der Waals surface area contributed by atoms with Crippen molar-refractivity contribution in [3.8, 4) is 11.5 Å². The van der Waals surface area contributed by atoms with Crippen LogP contribution in [-0.2, 0) is 11.3 Å². The van der Waals surface area contributed by atoms with E-state index in [2.05, 4.69) is 19.2 Å². The molecule has 1 aromatic carbocycles. The van der Waals surface area contributed by atoms with Crippen molar-refractivity contribution in [2.45, 2.75) is 58.9 Å². The average Bonchev–Trinajstić information content (AvgIpc) is 2.56. The number of nitrogens with one attached hydrogen (secondary N) is 1. The maximum atomic E-state index is 13.3. The van der Waals surface area contributed by atoms with Gasteiger partial charge < -0.3 is 14.8 Å². The molecule has 2 unspecified atom stereocenters. The minimum absolute atomic E-state index is 0.142. The highest BCUT2D eigenvalue weighted by Gasteiger charge is 2.62. The van der Waals surface area contributed by atoms with E-state index in [1.54, 1.807) is 0 Å². The first-order valence-corrected chi connectivity index (χ1v) is 10.0. The molecule has 4 fully saturated rings. The van der Waals surface area contributed by atoms with E-state index in [1.165, 1.54) is 19.3 Å². The zero-order chi connectivity index (χ0) is 18.0. The summed E-state index contributed by atoms with van der Waals surface area (Å²) in [6.07, 6.45) is 7.16. The van der Waals surface area contributed by atoms with Crippen LogP contribution in [-0.4, -0.2) is 19.1 Å². The normalized spacial score (nSPS) is 39.7. The molecule has 2 atom stereocenters. The third-order valence-electron chi connectivity index (χ3n) is 7.17. The van der Waals surface area contributed by atoms with Gasteiger partial charge in [0.1, 0.15) is 13.2 Å². The van der Waals surface area contributed by atoms with Crippen LogP contribution in [0.15, 0.2) is 18.2 Å². The zero-order valence-electron chi connectivity index (χ0n) is 15.9. The minimum Gasteiger partial charge on any atom is -0.486 e. The molecule has 4 bridgehead atoms. The molecule has 0 radical (unpaired) electrons. The second kappa shape index (κ2) is 5.40. The van der Waals surface area contributed by atoms with Crippen molar-refractivity contribution in [2.24, 2.45) is 22.2 Å². The predicted molar refractivity (Wildman–Crippen MR) is 99.1 cm³/mol. The Morgan fingerprint density at radius 1 is 1.04 bits per heavy atom. The number of amides is 1. The molecule has 4 nitrogen and oxygen atoms in total. The highest BCUT2D eigenvalue weighted by Crippen LogP contribution is 2.69. The molecule has 6 rings (SSSR count). The van der Waals surface area contributed by atoms with Gasteiger partial charge in [0.15, 0.2) is 11.5 Å². The van der Waals surface area contributed by atoms with Crippen LogP contribution in [0.25, 0.3) is 0 Å². The summed E-state index contributed by atoms with van der Waals surface area (Å²) in [4.78, 5) is 13.3. The molecule has 140 valence electrons. The third-order valence-corrected chi connectivity index (χ3v) is 7.17. The largest absolute Gasteiger partial charge is 0.486 e. The number of hydrogen-bond acceptors (Lipinski definition) is 3. The van der Waals surface area contributed by atoms with Gasteiger partial charge in [-0.2, -0.15) is 0 Å². The van der Waals surface area contributed by atoms with Crippen molar-refractivity contribution >= 4 is 5.91 Å². The Kier molecular flexibility index (Phi) is 3.42. The molecule has 5 aliphatic rings. The third kappa shape index (κ3) is 2.60. The Morgan fingerprint density at radius 3 is 2.42 bits per heavy atom. The second-order valence-corrected chi connectivity index (χ2v) is 10.1. The fraction of sp³-hybridized carbons (Fsp3) is 0.682. The molecule has 4 heteroatoms. The van der Waals surface area contributed by atoms with E-state index in [0.29, 0.717) is 30.6 Å². The number of hydrogen-bond donors (Lipinski definition) is 1. The molecule has 1 aliphatic heterocycles. The lowest BCUT2D eigenvalue weighted by Crippen LogP contribution is -2.59. The summed E-state index contributed by atoms with van der Waals surface area (Å²) < 4.78 is 11.2. The fourth-order valence-corrected chi connectivity index (χ4v) is 7.27. The van der Waals surface area contributed by atoms with Gasteiger partial charge in [-0.15, -0.1) is 0 Å². The van der Waals surface area contributed by atoms with E-state index in [0.717, 1.165) is 42.2 Å². The van der Waals surface area contributed by atoms with Crippen LogP contribution in [0.3, 0.4) is 0 Å². The smallest absolute Gasteiger partial charge is 0.226 e. The first kappa shape index (κ1) is 16.5. The van der Waals surface area contributed by atoms with E-state index < -0.39 is 0 Å². The Morgan fingerprint density at radius 2 is 1.73 bits per heavy atom. The minimum atomic E-state index is -0.142. The summed E-state index contributed by atoms with van der Waals surface area (Å²) in [6, 6.07) is 5.97. The van der Waals surface area contributed by atoms with Crippen LogP contribution in [0.5, 0.6) is 11.5 Å². The monoisotopic (exact) mass is 355 g/mol. The molecule has 4 saturated carbocycles. The lowest BCUT2D eigenvalue weighted by molar-refractivity contribution is -0.170. The summed E-state index contributed by atoms with van der Waals surface area (Å²) in [6.45, 7) is 6.58. The van der Waals surface area contributed by atoms with Gasteiger partial charge in [-0.25, -0.2) is 0 Å². The average molecular weight is 355 g/mol. The van der Waals surface area contributed by atoms with E-state index in [9.17, 15) is 4.79 Å². The van der Waals surface area contributed by atoms with Gasteiger partial charge >= 0.3 is 0 Å². The van der Waals surface area contributed by atoms with Crippen molar-refractivity contribution in [1.29, 1.82) is 0 Å². The Bertz CT molecular complexity index is 740. The SMILES string of the molecule is CC12CC3CC(C)(C1)CC(C(=O)NCc1ccc4c(c1)OCCO4)(C3)C2. The Labute approximate surface area is 155 Å². The standard InChI is InChI=1S/C22H29NO3/c1-20-8-16-9-21(2,12-20)14-22(10-16,13-20)19(24)23-11-15-3-4-17-18(7-15)26-6-5-25-17/h3-4,7,16H,5-6,8-14H2,1-2H3,(H,23,24). The van der Waals surface area contributed by atoms with Crippen molar-refractivity contribution < 1.29 is 14.3 Å². The molecule has 0 saturated heterocycles. The molecule has 1 amide bonds. The molecular weight excluding hydrogens is 326 g/mol. The Hall–Kier alpha value is -1.71. The molecule has 1 aromatic rings.